The van der Waals surface area contributed by atoms with E-state index in [2.05, 4.69) is 29.0 Å². The van der Waals surface area contributed by atoms with E-state index in [0.717, 1.165) is 28.0 Å². The standard InChI is InChI=1S/C17H13BN2/c1-12-2-4-14(5-3-12)17-19-10-15(11-20-17)13-6-8-16(18)9-7-13/h2-11H,1H3. The van der Waals surface area contributed by atoms with E-state index in [1.807, 2.05) is 48.8 Å². The summed E-state index contributed by atoms with van der Waals surface area (Å²) in [5.41, 5.74) is 5.06. The van der Waals surface area contributed by atoms with Gasteiger partial charge in [0.15, 0.2) is 5.82 Å². The van der Waals surface area contributed by atoms with E-state index < -0.39 is 0 Å². The van der Waals surface area contributed by atoms with E-state index in [4.69, 9.17) is 7.85 Å². The van der Waals surface area contributed by atoms with Crippen molar-refractivity contribution in [3.63, 3.8) is 0 Å². The number of hydrogen-bond donors (Lipinski definition) is 0. The Morgan fingerprint density at radius 1 is 0.700 bits per heavy atom. The van der Waals surface area contributed by atoms with Gasteiger partial charge in [-0.25, -0.2) is 9.97 Å². The molecular formula is C17H13BN2. The molecule has 0 saturated heterocycles. The van der Waals surface area contributed by atoms with Crippen LogP contribution in [0.2, 0.25) is 0 Å². The van der Waals surface area contributed by atoms with Crippen molar-refractivity contribution in [3.8, 4) is 22.5 Å². The number of aromatic nitrogens is 2. The van der Waals surface area contributed by atoms with E-state index in [-0.39, 0.29) is 0 Å². The van der Waals surface area contributed by atoms with Crippen molar-refractivity contribution < 1.29 is 0 Å². The first-order chi connectivity index (χ1) is 9.72. The predicted molar refractivity (Wildman–Crippen MR) is 83.0 cm³/mol. The van der Waals surface area contributed by atoms with Crippen LogP contribution in [0.5, 0.6) is 0 Å². The maximum atomic E-state index is 5.69. The van der Waals surface area contributed by atoms with Crippen molar-refractivity contribution in [3.05, 3.63) is 66.5 Å². The topological polar surface area (TPSA) is 25.8 Å². The van der Waals surface area contributed by atoms with Gasteiger partial charge < -0.3 is 0 Å². The van der Waals surface area contributed by atoms with Crippen LogP contribution in [0.3, 0.4) is 0 Å². The van der Waals surface area contributed by atoms with Gasteiger partial charge in [0.05, 0.1) is 0 Å². The molecule has 0 amide bonds. The molecule has 0 N–H and O–H groups in total. The molecule has 0 aliphatic heterocycles. The molecule has 0 unspecified atom stereocenters. The molecule has 3 heteroatoms. The summed E-state index contributed by atoms with van der Waals surface area (Å²) < 4.78 is 0. The van der Waals surface area contributed by atoms with Gasteiger partial charge in [0.1, 0.15) is 7.85 Å². The van der Waals surface area contributed by atoms with Crippen LogP contribution in [-0.2, 0) is 0 Å². The monoisotopic (exact) mass is 256 g/mol. The van der Waals surface area contributed by atoms with Crippen LogP contribution in [-0.4, -0.2) is 17.8 Å². The first-order valence-corrected chi connectivity index (χ1v) is 6.47. The van der Waals surface area contributed by atoms with Gasteiger partial charge in [0.2, 0.25) is 0 Å². The second-order valence-electron chi connectivity index (χ2n) is 4.78. The Morgan fingerprint density at radius 2 is 1.25 bits per heavy atom. The Morgan fingerprint density at radius 3 is 1.85 bits per heavy atom. The lowest BCUT2D eigenvalue weighted by Crippen LogP contribution is -1.99. The fraction of sp³-hybridized carbons (Fsp3) is 0.0588. The maximum absolute atomic E-state index is 5.69. The molecule has 1 heterocycles. The second-order valence-corrected chi connectivity index (χ2v) is 4.78. The summed E-state index contributed by atoms with van der Waals surface area (Å²) in [5.74, 6) is 0.740. The minimum Gasteiger partial charge on any atom is -0.236 e. The quantitative estimate of drug-likeness (QED) is 0.659. The van der Waals surface area contributed by atoms with Gasteiger partial charge in [0.25, 0.3) is 0 Å². The summed E-state index contributed by atoms with van der Waals surface area (Å²) in [6, 6.07) is 15.9. The highest BCUT2D eigenvalue weighted by atomic mass is 14.9. The molecule has 94 valence electrons. The lowest BCUT2D eigenvalue weighted by molar-refractivity contribution is 1.18. The molecule has 0 bridgehead atoms. The first kappa shape index (κ1) is 12.6. The SMILES string of the molecule is [B]c1ccc(-c2cnc(-c3ccc(C)cc3)nc2)cc1. The van der Waals surface area contributed by atoms with Crippen molar-refractivity contribution in [2.24, 2.45) is 0 Å². The zero-order valence-corrected chi connectivity index (χ0v) is 11.2. The highest BCUT2D eigenvalue weighted by Gasteiger charge is 2.02. The van der Waals surface area contributed by atoms with E-state index >= 15 is 0 Å². The molecule has 3 rings (SSSR count). The normalized spacial score (nSPS) is 10.4. The van der Waals surface area contributed by atoms with E-state index in [1.54, 1.807) is 0 Å². The lowest BCUT2D eigenvalue weighted by atomic mass is 9.94. The van der Waals surface area contributed by atoms with Gasteiger partial charge in [0, 0.05) is 23.5 Å². The van der Waals surface area contributed by atoms with Crippen molar-refractivity contribution in [1.29, 1.82) is 0 Å². The lowest BCUT2D eigenvalue weighted by Gasteiger charge is -2.04. The number of hydrogen-bond acceptors (Lipinski definition) is 2. The molecule has 0 atom stereocenters. The van der Waals surface area contributed by atoms with Crippen molar-refractivity contribution >= 4 is 13.3 Å². The molecule has 2 nitrogen and oxygen atoms in total. The summed E-state index contributed by atoms with van der Waals surface area (Å²) in [5, 5.41) is 0. The Kier molecular flexibility index (Phi) is 3.34. The van der Waals surface area contributed by atoms with E-state index in [9.17, 15) is 0 Å². The summed E-state index contributed by atoms with van der Waals surface area (Å²) in [4.78, 5) is 8.87. The number of rotatable bonds is 2. The van der Waals surface area contributed by atoms with E-state index in [0.29, 0.717) is 0 Å². The third-order valence-corrected chi connectivity index (χ3v) is 3.21. The molecule has 0 fully saturated rings. The molecular weight excluding hydrogens is 243 g/mol. The Hall–Kier alpha value is -2.42. The van der Waals surface area contributed by atoms with Crippen LogP contribution in [0.25, 0.3) is 22.5 Å². The van der Waals surface area contributed by atoms with Gasteiger partial charge in [-0.15, -0.1) is 0 Å². The Balaban J connectivity index is 1.91. The summed E-state index contributed by atoms with van der Waals surface area (Å²) in [6.45, 7) is 2.06. The predicted octanol–water partition coefficient (Wildman–Crippen LogP) is 2.91. The summed E-state index contributed by atoms with van der Waals surface area (Å²) in [7, 11) is 5.69. The third kappa shape index (κ3) is 2.62. The largest absolute Gasteiger partial charge is 0.236 e. The van der Waals surface area contributed by atoms with Gasteiger partial charge in [-0.1, -0.05) is 59.6 Å². The molecule has 0 aliphatic rings. The van der Waals surface area contributed by atoms with Crippen LogP contribution < -0.4 is 5.46 Å². The van der Waals surface area contributed by atoms with Crippen molar-refractivity contribution in [2.75, 3.05) is 0 Å². The highest BCUT2D eigenvalue weighted by molar-refractivity contribution is 6.32. The van der Waals surface area contributed by atoms with Gasteiger partial charge in [-0.3, -0.25) is 0 Å². The third-order valence-electron chi connectivity index (χ3n) is 3.21. The Labute approximate surface area is 120 Å². The molecule has 20 heavy (non-hydrogen) atoms. The fourth-order valence-corrected chi connectivity index (χ4v) is 2.00. The van der Waals surface area contributed by atoms with Gasteiger partial charge in [-0.05, 0) is 12.5 Å². The zero-order valence-electron chi connectivity index (χ0n) is 11.2. The van der Waals surface area contributed by atoms with Crippen LogP contribution in [0.15, 0.2) is 60.9 Å². The minimum atomic E-state index is 0.740. The highest BCUT2D eigenvalue weighted by Crippen LogP contribution is 2.19. The van der Waals surface area contributed by atoms with Crippen LogP contribution >= 0.6 is 0 Å². The van der Waals surface area contributed by atoms with Crippen LogP contribution in [0, 0.1) is 6.92 Å². The Bertz CT molecular complexity index is 637. The molecule has 3 aromatic rings. The molecule has 0 spiro atoms. The molecule has 2 radical (unpaired) electrons. The number of benzene rings is 2. The van der Waals surface area contributed by atoms with E-state index in [1.165, 1.54) is 5.56 Å². The van der Waals surface area contributed by atoms with Crippen molar-refractivity contribution in [1.82, 2.24) is 9.97 Å². The average molecular weight is 256 g/mol. The average Bonchev–Trinajstić information content (AvgIpc) is 2.49. The zero-order chi connectivity index (χ0) is 13.9. The van der Waals surface area contributed by atoms with Crippen LogP contribution in [0.1, 0.15) is 5.56 Å². The fourth-order valence-electron chi connectivity index (χ4n) is 2.00. The van der Waals surface area contributed by atoms with Gasteiger partial charge in [-0.2, -0.15) is 0 Å². The maximum Gasteiger partial charge on any atom is 0.159 e. The molecule has 0 saturated carbocycles. The molecule has 1 aromatic heterocycles. The summed E-state index contributed by atoms with van der Waals surface area (Å²) in [6.07, 6.45) is 3.68. The van der Waals surface area contributed by atoms with Crippen LogP contribution in [0.4, 0.5) is 0 Å². The van der Waals surface area contributed by atoms with Gasteiger partial charge >= 0.3 is 0 Å². The summed E-state index contributed by atoms with van der Waals surface area (Å²) >= 11 is 0. The molecule has 0 aliphatic carbocycles. The van der Waals surface area contributed by atoms with Crippen molar-refractivity contribution in [2.45, 2.75) is 6.92 Å². The number of aryl methyl sites for hydroxylation is 1. The molecule has 2 aromatic carbocycles. The minimum absolute atomic E-state index is 0.740. The second kappa shape index (κ2) is 5.29. The smallest absolute Gasteiger partial charge is 0.159 e. The first-order valence-electron chi connectivity index (χ1n) is 6.47. The number of nitrogens with zero attached hydrogens (tertiary/aromatic N) is 2.